The molecule has 0 unspecified atom stereocenters. The Bertz CT molecular complexity index is 338. The van der Waals surface area contributed by atoms with Crippen LogP contribution in [0.2, 0.25) is 0 Å². The predicted octanol–water partition coefficient (Wildman–Crippen LogP) is 3.36. The third-order valence-electron chi connectivity index (χ3n) is 2.97. The van der Waals surface area contributed by atoms with Crippen LogP contribution in [0.25, 0.3) is 0 Å². The molecule has 0 saturated carbocycles. The first-order chi connectivity index (χ1) is 8.77. The highest BCUT2D eigenvalue weighted by atomic mass is 16.6. The van der Waals surface area contributed by atoms with Crippen LogP contribution in [0.5, 0.6) is 0 Å². The van der Waals surface area contributed by atoms with Crippen LogP contribution < -0.4 is 5.48 Å². The molecular weight excluding hydrogens is 226 g/mol. The van der Waals surface area contributed by atoms with Crippen molar-refractivity contribution in [3.63, 3.8) is 0 Å². The Hall–Kier alpha value is -1.19. The second-order valence-corrected chi connectivity index (χ2v) is 4.51. The van der Waals surface area contributed by atoms with Crippen LogP contribution in [0, 0.1) is 0 Å². The van der Waals surface area contributed by atoms with Crippen molar-refractivity contribution in [2.24, 2.45) is 0 Å². The quantitative estimate of drug-likeness (QED) is 0.414. The molecule has 0 saturated heterocycles. The van der Waals surface area contributed by atoms with Crippen molar-refractivity contribution in [2.75, 3.05) is 7.11 Å². The van der Waals surface area contributed by atoms with Gasteiger partial charge in [0.05, 0.1) is 7.11 Å². The lowest BCUT2D eigenvalue weighted by Crippen LogP contribution is -2.30. The molecule has 0 fully saturated rings. The second kappa shape index (κ2) is 8.84. The molecule has 18 heavy (non-hydrogen) atoms. The highest BCUT2D eigenvalue weighted by Gasteiger charge is 2.14. The summed E-state index contributed by atoms with van der Waals surface area (Å²) in [7, 11) is 1.60. The highest BCUT2D eigenvalue weighted by molar-refractivity contribution is 5.96. The maximum Gasteiger partial charge on any atom is 0.164 e. The number of unbranched alkanes of at least 4 members (excludes halogenated alkanes) is 2. The second-order valence-electron chi connectivity index (χ2n) is 4.51. The van der Waals surface area contributed by atoms with Crippen LogP contribution in [0.1, 0.15) is 49.4 Å². The Balaban J connectivity index is 2.47. The molecule has 1 rings (SSSR count). The Morgan fingerprint density at radius 1 is 1.28 bits per heavy atom. The molecule has 1 atom stereocenters. The minimum atomic E-state index is 0.106. The molecule has 1 aromatic carbocycles. The molecule has 3 nitrogen and oxygen atoms in total. The van der Waals surface area contributed by atoms with Gasteiger partial charge in [-0.05, 0) is 6.42 Å². The van der Waals surface area contributed by atoms with Crippen molar-refractivity contribution in [3.8, 4) is 0 Å². The summed E-state index contributed by atoms with van der Waals surface area (Å²) in [5.74, 6) is 0.168. The maximum atomic E-state index is 12.1. The van der Waals surface area contributed by atoms with Crippen molar-refractivity contribution < 1.29 is 9.63 Å². The lowest BCUT2D eigenvalue weighted by molar-refractivity contribution is 0.0518. The van der Waals surface area contributed by atoms with Gasteiger partial charge < -0.3 is 4.84 Å². The smallest absolute Gasteiger partial charge is 0.164 e. The molecule has 0 aliphatic rings. The van der Waals surface area contributed by atoms with Crippen LogP contribution in [0.4, 0.5) is 0 Å². The minimum Gasteiger partial charge on any atom is -0.305 e. The minimum absolute atomic E-state index is 0.106. The Labute approximate surface area is 109 Å². The summed E-state index contributed by atoms with van der Waals surface area (Å²) in [6.07, 6.45) is 4.97. The van der Waals surface area contributed by atoms with Crippen LogP contribution in [0.15, 0.2) is 30.3 Å². The molecule has 1 N–H and O–H groups in total. The van der Waals surface area contributed by atoms with E-state index in [4.69, 9.17) is 4.84 Å². The van der Waals surface area contributed by atoms with E-state index in [0.29, 0.717) is 6.42 Å². The number of carbonyl (C=O) groups excluding carboxylic acids is 1. The molecule has 0 amide bonds. The largest absolute Gasteiger partial charge is 0.305 e. The molecule has 0 bridgehead atoms. The Morgan fingerprint density at radius 2 is 2.00 bits per heavy atom. The summed E-state index contributed by atoms with van der Waals surface area (Å²) in [5.41, 5.74) is 3.70. The summed E-state index contributed by atoms with van der Waals surface area (Å²) in [6.45, 7) is 2.17. The fourth-order valence-corrected chi connectivity index (χ4v) is 1.98. The highest BCUT2D eigenvalue weighted by Crippen LogP contribution is 2.11. The maximum absolute atomic E-state index is 12.1. The lowest BCUT2D eigenvalue weighted by Gasteiger charge is -2.16. The average Bonchev–Trinajstić information content (AvgIpc) is 2.40. The summed E-state index contributed by atoms with van der Waals surface area (Å²) in [4.78, 5) is 17.0. The summed E-state index contributed by atoms with van der Waals surface area (Å²) in [5, 5.41) is 0. The van der Waals surface area contributed by atoms with E-state index in [0.717, 1.165) is 18.4 Å². The number of rotatable bonds is 9. The van der Waals surface area contributed by atoms with E-state index in [1.165, 1.54) is 12.8 Å². The van der Waals surface area contributed by atoms with E-state index in [2.05, 4.69) is 12.4 Å². The van der Waals surface area contributed by atoms with Gasteiger partial charge in [0.15, 0.2) is 5.78 Å². The topological polar surface area (TPSA) is 38.3 Å². The average molecular weight is 249 g/mol. The van der Waals surface area contributed by atoms with Gasteiger partial charge in [0, 0.05) is 18.0 Å². The third-order valence-corrected chi connectivity index (χ3v) is 2.97. The van der Waals surface area contributed by atoms with Gasteiger partial charge in [-0.2, -0.15) is 5.48 Å². The van der Waals surface area contributed by atoms with Crippen molar-refractivity contribution in [1.29, 1.82) is 0 Å². The third kappa shape index (κ3) is 5.43. The normalized spacial score (nSPS) is 12.3. The number of nitrogens with one attached hydrogen (secondary N) is 1. The van der Waals surface area contributed by atoms with E-state index < -0.39 is 0 Å². The van der Waals surface area contributed by atoms with Gasteiger partial charge in [-0.25, -0.2) is 0 Å². The molecule has 0 aliphatic heterocycles. The van der Waals surface area contributed by atoms with E-state index in [-0.39, 0.29) is 11.8 Å². The van der Waals surface area contributed by atoms with Crippen LogP contribution in [-0.2, 0) is 4.84 Å². The molecule has 0 aromatic heterocycles. The molecular formula is C15H23NO2. The van der Waals surface area contributed by atoms with Gasteiger partial charge in [-0.1, -0.05) is 56.5 Å². The fraction of sp³-hybridized carbons (Fsp3) is 0.533. The molecule has 100 valence electrons. The van der Waals surface area contributed by atoms with Crippen LogP contribution >= 0.6 is 0 Å². The first kappa shape index (κ1) is 14.9. The van der Waals surface area contributed by atoms with Crippen LogP contribution in [0.3, 0.4) is 0 Å². The number of carbonyl (C=O) groups is 1. The SMILES string of the molecule is CCCCC[C@H](CC(=O)c1ccccc1)NOC. The summed E-state index contributed by atoms with van der Waals surface area (Å²) >= 11 is 0. The first-order valence-corrected chi connectivity index (χ1v) is 6.64. The van der Waals surface area contributed by atoms with E-state index >= 15 is 0 Å². The lowest BCUT2D eigenvalue weighted by atomic mass is 10.00. The molecule has 1 aromatic rings. The number of benzene rings is 1. The van der Waals surface area contributed by atoms with Gasteiger partial charge in [0.25, 0.3) is 0 Å². The first-order valence-electron chi connectivity index (χ1n) is 6.64. The zero-order valence-corrected chi connectivity index (χ0v) is 11.3. The molecule has 0 radical (unpaired) electrons. The van der Waals surface area contributed by atoms with E-state index in [1.54, 1.807) is 7.11 Å². The van der Waals surface area contributed by atoms with Crippen LogP contribution in [-0.4, -0.2) is 18.9 Å². The number of hydroxylamine groups is 1. The summed E-state index contributed by atoms with van der Waals surface area (Å²) in [6, 6.07) is 9.53. The number of ketones is 1. The Morgan fingerprint density at radius 3 is 2.61 bits per heavy atom. The zero-order valence-electron chi connectivity index (χ0n) is 11.3. The number of hydrogen-bond donors (Lipinski definition) is 1. The standard InChI is InChI=1S/C15H23NO2/c1-3-4-6-11-14(16-18-2)12-15(17)13-9-7-5-8-10-13/h5,7-10,14,16H,3-4,6,11-12H2,1-2H3/t14-/m1/s1. The van der Waals surface area contributed by atoms with Crippen molar-refractivity contribution in [1.82, 2.24) is 5.48 Å². The van der Waals surface area contributed by atoms with Crippen molar-refractivity contribution in [3.05, 3.63) is 35.9 Å². The van der Waals surface area contributed by atoms with Gasteiger partial charge in [0.1, 0.15) is 0 Å². The Kier molecular flexibility index (Phi) is 7.30. The van der Waals surface area contributed by atoms with Gasteiger partial charge in [-0.3, -0.25) is 4.79 Å². The summed E-state index contributed by atoms with van der Waals surface area (Å²) < 4.78 is 0. The predicted molar refractivity (Wildman–Crippen MR) is 73.5 cm³/mol. The molecule has 0 heterocycles. The van der Waals surface area contributed by atoms with Gasteiger partial charge in [-0.15, -0.1) is 0 Å². The number of hydrogen-bond acceptors (Lipinski definition) is 3. The number of Topliss-reactive ketones (excluding diaryl/α,β-unsaturated/α-hetero) is 1. The molecule has 0 aliphatic carbocycles. The van der Waals surface area contributed by atoms with Crippen molar-refractivity contribution in [2.45, 2.75) is 45.1 Å². The molecule has 0 spiro atoms. The molecule has 3 heteroatoms. The van der Waals surface area contributed by atoms with Gasteiger partial charge >= 0.3 is 0 Å². The monoisotopic (exact) mass is 249 g/mol. The van der Waals surface area contributed by atoms with Crippen molar-refractivity contribution >= 4 is 5.78 Å². The fourth-order valence-electron chi connectivity index (χ4n) is 1.98. The van der Waals surface area contributed by atoms with Gasteiger partial charge in [0.2, 0.25) is 0 Å². The van der Waals surface area contributed by atoms with E-state index in [1.807, 2.05) is 30.3 Å². The zero-order chi connectivity index (χ0) is 13.2. The van der Waals surface area contributed by atoms with E-state index in [9.17, 15) is 4.79 Å².